The Labute approximate surface area is 89.0 Å². The summed E-state index contributed by atoms with van der Waals surface area (Å²) in [5.74, 6) is 5.95. The van der Waals surface area contributed by atoms with Gasteiger partial charge in [-0.3, -0.25) is 5.01 Å². The highest BCUT2D eigenvalue weighted by molar-refractivity contribution is 5.60. The molecule has 0 bridgehead atoms. The van der Waals surface area contributed by atoms with Crippen molar-refractivity contribution in [2.24, 2.45) is 5.84 Å². The van der Waals surface area contributed by atoms with Crippen molar-refractivity contribution in [3.05, 3.63) is 60.7 Å². The second-order valence-corrected chi connectivity index (χ2v) is 3.04. The minimum atomic E-state index is 0. The van der Waals surface area contributed by atoms with Crippen LogP contribution in [0.15, 0.2) is 60.7 Å². The van der Waals surface area contributed by atoms with Crippen LogP contribution >= 0.6 is 0 Å². The first-order valence-corrected chi connectivity index (χ1v) is 4.53. The molecule has 0 radical (unpaired) electrons. The summed E-state index contributed by atoms with van der Waals surface area (Å²) in [5, 5.41) is 1.67. The van der Waals surface area contributed by atoms with Gasteiger partial charge in [0.25, 0.3) is 0 Å². The molecule has 15 heavy (non-hydrogen) atoms. The molecular weight excluding hydrogens is 188 g/mol. The van der Waals surface area contributed by atoms with E-state index in [2.05, 4.69) is 0 Å². The number of benzene rings is 2. The van der Waals surface area contributed by atoms with Crippen LogP contribution in [0.4, 0.5) is 11.4 Å². The van der Waals surface area contributed by atoms with Crippen molar-refractivity contribution in [1.82, 2.24) is 0 Å². The van der Waals surface area contributed by atoms with Crippen LogP contribution in [0.1, 0.15) is 0 Å². The van der Waals surface area contributed by atoms with Crippen LogP contribution in [0.3, 0.4) is 0 Å². The fourth-order valence-electron chi connectivity index (χ4n) is 1.33. The maximum Gasteiger partial charge on any atom is 0.0575 e. The predicted molar refractivity (Wildman–Crippen MR) is 62.8 cm³/mol. The van der Waals surface area contributed by atoms with Gasteiger partial charge in [0, 0.05) is 0 Å². The van der Waals surface area contributed by atoms with E-state index in [4.69, 9.17) is 5.84 Å². The summed E-state index contributed by atoms with van der Waals surface area (Å²) in [6.45, 7) is 0. The molecule has 0 fully saturated rings. The standard InChI is InChI=1S/C12H12N2.H2O/c13-14(11-7-3-1-4-8-11)12-9-5-2-6-10-12;/h1-10H,13H2;1H2. The Bertz CT molecular complexity index is 349. The molecule has 3 nitrogen and oxygen atoms in total. The molecule has 2 aromatic carbocycles. The molecule has 0 unspecified atom stereocenters. The summed E-state index contributed by atoms with van der Waals surface area (Å²) in [6, 6.07) is 19.7. The fraction of sp³-hybridized carbons (Fsp3) is 0. The third kappa shape index (κ3) is 2.56. The van der Waals surface area contributed by atoms with Crippen LogP contribution in [0.2, 0.25) is 0 Å². The number of nitrogens with zero attached hydrogens (tertiary/aromatic N) is 1. The first-order valence-electron chi connectivity index (χ1n) is 4.53. The molecule has 0 aliphatic rings. The molecule has 0 spiro atoms. The van der Waals surface area contributed by atoms with Gasteiger partial charge in [-0.05, 0) is 24.3 Å². The van der Waals surface area contributed by atoms with Gasteiger partial charge in [-0.1, -0.05) is 36.4 Å². The highest BCUT2D eigenvalue weighted by atomic mass is 16.0. The van der Waals surface area contributed by atoms with E-state index in [0.29, 0.717) is 0 Å². The Hall–Kier alpha value is -1.84. The van der Waals surface area contributed by atoms with E-state index in [9.17, 15) is 0 Å². The van der Waals surface area contributed by atoms with Crippen molar-refractivity contribution in [2.45, 2.75) is 0 Å². The van der Waals surface area contributed by atoms with Gasteiger partial charge in [0.2, 0.25) is 0 Å². The molecule has 0 aliphatic heterocycles. The Balaban J connectivity index is 0.00000112. The average Bonchev–Trinajstić information content (AvgIpc) is 2.30. The lowest BCUT2D eigenvalue weighted by atomic mass is 10.2. The van der Waals surface area contributed by atoms with Gasteiger partial charge in [0.15, 0.2) is 0 Å². The molecule has 2 rings (SSSR count). The van der Waals surface area contributed by atoms with Crippen molar-refractivity contribution in [3.8, 4) is 0 Å². The van der Waals surface area contributed by atoms with Crippen molar-refractivity contribution in [2.75, 3.05) is 5.01 Å². The fourth-order valence-corrected chi connectivity index (χ4v) is 1.33. The van der Waals surface area contributed by atoms with Gasteiger partial charge in [0.05, 0.1) is 11.4 Å². The molecule has 0 aliphatic carbocycles. The Morgan fingerprint density at radius 2 is 1.00 bits per heavy atom. The summed E-state index contributed by atoms with van der Waals surface area (Å²) < 4.78 is 0. The number of para-hydroxylation sites is 2. The summed E-state index contributed by atoms with van der Waals surface area (Å²) in [6.07, 6.45) is 0. The Morgan fingerprint density at radius 3 is 1.33 bits per heavy atom. The smallest absolute Gasteiger partial charge is 0.0575 e. The monoisotopic (exact) mass is 202 g/mol. The Morgan fingerprint density at radius 1 is 0.667 bits per heavy atom. The molecule has 4 N–H and O–H groups in total. The maximum absolute atomic E-state index is 5.95. The number of rotatable bonds is 2. The third-order valence-corrected chi connectivity index (χ3v) is 2.07. The first-order chi connectivity index (χ1) is 6.88. The lowest BCUT2D eigenvalue weighted by molar-refractivity contribution is 0.824. The minimum absolute atomic E-state index is 0. The van der Waals surface area contributed by atoms with Gasteiger partial charge < -0.3 is 5.48 Å². The normalized spacial score (nSPS) is 9.13. The lowest BCUT2D eigenvalue weighted by Crippen LogP contribution is -2.24. The highest BCUT2D eigenvalue weighted by Crippen LogP contribution is 2.20. The molecule has 0 amide bonds. The van der Waals surface area contributed by atoms with Crippen LogP contribution in [0.5, 0.6) is 0 Å². The number of hydrazine groups is 1. The molecule has 2 aromatic rings. The van der Waals surface area contributed by atoms with Crippen molar-refractivity contribution >= 4 is 11.4 Å². The van der Waals surface area contributed by atoms with Crippen LogP contribution < -0.4 is 10.9 Å². The average molecular weight is 202 g/mol. The van der Waals surface area contributed by atoms with Crippen LogP contribution in [-0.4, -0.2) is 5.48 Å². The molecule has 78 valence electrons. The van der Waals surface area contributed by atoms with Crippen LogP contribution in [-0.2, 0) is 0 Å². The molecule has 3 heteroatoms. The van der Waals surface area contributed by atoms with E-state index in [0.717, 1.165) is 11.4 Å². The number of anilines is 2. The number of hydrogen-bond donors (Lipinski definition) is 1. The van der Waals surface area contributed by atoms with Crippen molar-refractivity contribution < 1.29 is 5.48 Å². The Kier molecular flexibility index (Phi) is 3.85. The van der Waals surface area contributed by atoms with Crippen LogP contribution in [0.25, 0.3) is 0 Å². The minimum Gasteiger partial charge on any atom is -0.412 e. The summed E-state index contributed by atoms with van der Waals surface area (Å²) >= 11 is 0. The quantitative estimate of drug-likeness (QED) is 0.597. The summed E-state index contributed by atoms with van der Waals surface area (Å²) in [5.41, 5.74) is 1.97. The van der Waals surface area contributed by atoms with Crippen molar-refractivity contribution in [3.63, 3.8) is 0 Å². The molecule has 0 saturated heterocycles. The second kappa shape index (κ2) is 5.14. The van der Waals surface area contributed by atoms with E-state index in [-0.39, 0.29) is 5.48 Å². The van der Waals surface area contributed by atoms with E-state index in [1.54, 1.807) is 5.01 Å². The highest BCUT2D eigenvalue weighted by Gasteiger charge is 2.01. The topological polar surface area (TPSA) is 60.8 Å². The first kappa shape index (κ1) is 11.2. The summed E-state index contributed by atoms with van der Waals surface area (Å²) in [4.78, 5) is 0. The number of hydrogen-bond acceptors (Lipinski definition) is 2. The molecule has 0 aromatic heterocycles. The molecular formula is C12H14N2O. The van der Waals surface area contributed by atoms with Gasteiger partial charge in [0.1, 0.15) is 0 Å². The van der Waals surface area contributed by atoms with Gasteiger partial charge in [-0.25, -0.2) is 5.84 Å². The third-order valence-electron chi connectivity index (χ3n) is 2.07. The SMILES string of the molecule is NN(c1ccccc1)c1ccccc1.O. The molecule has 0 atom stereocenters. The summed E-state index contributed by atoms with van der Waals surface area (Å²) in [7, 11) is 0. The molecule has 0 saturated carbocycles. The zero-order chi connectivity index (χ0) is 9.80. The molecule has 0 heterocycles. The lowest BCUT2D eigenvalue weighted by Gasteiger charge is -2.18. The van der Waals surface area contributed by atoms with Gasteiger partial charge in [-0.2, -0.15) is 0 Å². The van der Waals surface area contributed by atoms with E-state index in [1.165, 1.54) is 0 Å². The zero-order valence-electron chi connectivity index (χ0n) is 8.30. The van der Waals surface area contributed by atoms with Gasteiger partial charge >= 0.3 is 0 Å². The zero-order valence-corrected chi connectivity index (χ0v) is 8.30. The van der Waals surface area contributed by atoms with E-state index >= 15 is 0 Å². The van der Waals surface area contributed by atoms with Gasteiger partial charge in [-0.15, -0.1) is 0 Å². The predicted octanol–water partition coefficient (Wildman–Crippen LogP) is 1.87. The van der Waals surface area contributed by atoms with E-state index < -0.39 is 0 Å². The maximum atomic E-state index is 5.95. The van der Waals surface area contributed by atoms with Crippen LogP contribution in [0, 0.1) is 0 Å². The largest absolute Gasteiger partial charge is 0.412 e. The number of nitrogens with two attached hydrogens (primary N) is 1. The van der Waals surface area contributed by atoms with Crippen molar-refractivity contribution in [1.29, 1.82) is 0 Å². The van der Waals surface area contributed by atoms with E-state index in [1.807, 2.05) is 60.7 Å². The second-order valence-electron chi connectivity index (χ2n) is 3.04.